The number of hydrogen-bond acceptors (Lipinski definition) is 4. The molecule has 36 heavy (non-hydrogen) atoms. The fourth-order valence-electron chi connectivity index (χ4n) is 4.70. The van der Waals surface area contributed by atoms with Crippen LogP contribution in [0.1, 0.15) is 33.5 Å². The van der Waals surface area contributed by atoms with Gasteiger partial charge in [-0.15, -0.1) is 0 Å². The zero-order chi connectivity index (χ0) is 26.6. The van der Waals surface area contributed by atoms with Crippen molar-refractivity contribution in [3.63, 3.8) is 0 Å². The quantitative estimate of drug-likeness (QED) is 0.375. The van der Waals surface area contributed by atoms with Crippen molar-refractivity contribution >= 4 is 66.6 Å². The molecule has 4 rings (SSSR count). The van der Waals surface area contributed by atoms with Crippen LogP contribution in [-0.4, -0.2) is 65.4 Å². The first-order valence-electron chi connectivity index (χ1n) is 11.4. The van der Waals surface area contributed by atoms with Gasteiger partial charge in [0.25, 0.3) is 11.8 Å². The molecule has 0 radical (unpaired) electrons. The Morgan fingerprint density at radius 2 is 1.72 bits per heavy atom. The second-order valence-corrected chi connectivity index (χ2v) is 10.5. The summed E-state index contributed by atoms with van der Waals surface area (Å²) in [7, 11) is 6.55. The second kappa shape index (κ2) is 8.80. The van der Waals surface area contributed by atoms with Crippen molar-refractivity contribution in [2.75, 3.05) is 0 Å². The van der Waals surface area contributed by atoms with Crippen LogP contribution in [0.2, 0.25) is 10.8 Å². The number of nitrogens with zero attached hydrogens (tertiary/aromatic N) is 1. The van der Waals surface area contributed by atoms with Gasteiger partial charge >= 0.3 is 5.92 Å². The summed E-state index contributed by atoms with van der Waals surface area (Å²) in [5, 5.41) is 3.79. The van der Waals surface area contributed by atoms with Gasteiger partial charge < -0.3 is 10.2 Å². The molecule has 7 nitrogen and oxygen atoms in total. The van der Waals surface area contributed by atoms with Crippen LogP contribution >= 0.6 is 11.6 Å². The topological polar surface area (TPSA) is 95.6 Å². The zero-order valence-electron chi connectivity index (χ0n) is 20.2. The van der Waals surface area contributed by atoms with Crippen molar-refractivity contribution in [3.05, 3.63) is 69.7 Å². The largest absolute Gasteiger partial charge is 0.357 e. The van der Waals surface area contributed by atoms with Crippen LogP contribution in [0.4, 0.5) is 8.78 Å². The lowest BCUT2D eigenvalue weighted by molar-refractivity contribution is -0.147. The maximum atomic E-state index is 14.8. The molecule has 0 aliphatic carbocycles. The van der Waals surface area contributed by atoms with Gasteiger partial charge in [0.2, 0.25) is 11.8 Å². The third-order valence-electron chi connectivity index (χ3n) is 7.27. The van der Waals surface area contributed by atoms with Gasteiger partial charge in [-0.2, -0.15) is 8.78 Å². The average Bonchev–Trinajstić information content (AvgIpc) is 3.13. The van der Waals surface area contributed by atoms with Crippen molar-refractivity contribution in [1.82, 2.24) is 15.5 Å². The molecule has 0 saturated carbocycles. The van der Waals surface area contributed by atoms with Gasteiger partial charge in [-0.3, -0.25) is 24.5 Å². The summed E-state index contributed by atoms with van der Waals surface area (Å²) in [5.41, 5.74) is -0.221. The van der Waals surface area contributed by atoms with Gasteiger partial charge in [0, 0.05) is 34.5 Å². The smallest absolute Gasteiger partial charge is 0.349 e. The molecule has 2 aliphatic rings. The van der Waals surface area contributed by atoms with Gasteiger partial charge in [-0.25, -0.2) is 0 Å². The molecule has 0 bridgehead atoms. The Labute approximate surface area is 215 Å². The standard InChI is InChI=1S/C22H22B4ClF2N3O4/c23-15-8-16(33)30-18(35)20(15,24)32-9-10-7-12(3-6-14(10)17(32)34)22(25,26)31-19(36)21(28,29)11-1-4-13(27)5-2-11/h1-7,15H,8-9,23-26H2,(H,31,36)(H,30,33,35). The van der Waals surface area contributed by atoms with Gasteiger partial charge in [0.15, 0.2) is 0 Å². The van der Waals surface area contributed by atoms with E-state index in [0.717, 1.165) is 12.1 Å². The van der Waals surface area contributed by atoms with E-state index >= 15 is 0 Å². The number of benzene rings is 2. The molecule has 4 amide bonds. The summed E-state index contributed by atoms with van der Waals surface area (Å²) in [6.07, 6.45) is 0.106. The van der Waals surface area contributed by atoms with Gasteiger partial charge in [0.05, 0.1) is 5.44 Å². The molecular weight excluding hydrogens is 487 g/mol. The van der Waals surface area contributed by atoms with Crippen LogP contribution in [0.15, 0.2) is 42.5 Å². The lowest BCUT2D eigenvalue weighted by Crippen LogP contribution is -2.66. The summed E-state index contributed by atoms with van der Waals surface area (Å²) < 4.78 is 29.7. The average molecular weight is 509 g/mol. The van der Waals surface area contributed by atoms with Crippen molar-refractivity contribution in [1.29, 1.82) is 0 Å². The lowest BCUT2D eigenvalue weighted by Gasteiger charge is -2.44. The molecule has 182 valence electrons. The number of carbonyl (C=O) groups is 4. The third kappa shape index (κ3) is 4.23. The predicted molar refractivity (Wildman–Crippen MR) is 140 cm³/mol. The number of fused-ring (bicyclic) bond motifs is 1. The number of carbonyl (C=O) groups excluding carboxylic acids is 4. The highest BCUT2D eigenvalue weighted by atomic mass is 35.5. The van der Waals surface area contributed by atoms with E-state index in [9.17, 15) is 28.0 Å². The van der Waals surface area contributed by atoms with Gasteiger partial charge in [0.1, 0.15) is 31.4 Å². The molecule has 2 aromatic rings. The fraction of sp³-hybridized carbons (Fsp3) is 0.273. The minimum absolute atomic E-state index is 0.106. The first-order valence-corrected chi connectivity index (χ1v) is 11.8. The summed E-state index contributed by atoms with van der Waals surface area (Å²) in [5.74, 6) is -6.94. The van der Waals surface area contributed by atoms with E-state index in [1.807, 2.05) is 0 Å². The van der Waals surface area contributed by atoms with Crippen LogP contribution < -0.4 is 10.6 Å². The van der Waals surface area contributed by atoms with Crippen LogP contribution in [0.3, 0.4) is 0 Å². The maximum absolute atomic E-state index is 14.8. The van der Waals surface area contributed by atoms with E-state index in [1.165, 1.54) is 17.0 Å². The normalized spacial score (nSPS) is 22.2. The van der Waals surface area contributed by atoms with Gasteiger partial charge in [-0.1, -0.05) is 35.9 Å². The molecular formula is C22H22B4ClF2N3O4. The molecule has 1 saturated heterocycles. The number of hydrogen-bond donors (Lipinski definition) is 2. The first kappa shape index (κ1) is 26.0. The summed E-state index contributed by atoms with van der Waals surface area (Å²) in [6.45, 7) is 0.107. The number of amides is 4. The highest BCUT2D eigenvalue weighted by Crippen LogP contribution is 2.38. The Hall–Kier alpha value is -3.07. The predicted octanol–water partition coefficient (Wildman–Crippen LogP) is -1.62. The Kier molecular flexibility index (Phi) is 6.35. The highest BCUT2D eigenvalue weighted by Gasteiger charge is 2.52. The van der Waals surface area contributed by atoms with Crippen LogP contribution in [-0.2, 0) is 32.2 Å². The van der Waals surface area contributed by atoms with E-state index in [4.69, 9.17) is 11.6 Å². The highest BCUT2D eigenvalue weighted by molar-refractivity contribution is 6.41. The van der Waals surface area contributed by atoms with Gasteiger partial charge in [-0.05, 0) is 35.1 Å². The summed E-state index contributed by atoms with van der Waals surface area (Å²) in [4.78, 5) is 51.8. The van der Waals surface area contributed by atoms with Crippen molar-refractivity contribution in [3.8, 4) is 0 Å². The number of imide groups is 1. The Morgan fingerprint density at radius 1 is 1.11 bits per heavy atom. The van der Waals surface area contributed by atoms with Crippen LogP contribution in [0.5, 0.6) is 0 Å². The Morgan fingerprint density at radius 3 is 2.33 bits per heavy atom. The van der Waals surface area contributed by atoms with Crippen molar-refractivity contribution in [2.24, 2.45) is 0 Å². The number of nitrogens with one attached hydrogen (secondary N) is 2. The monoisotopic (exact) mass is 509 g/mol. The molecule has 14 heteroatoms. The van der Waals surface area contributed by atoms with E-state index in [2.05, 4.69) is 10.6 Å². The SMILES string of the molecule is BC1CC(=O)NC(=O)C1(B)N1Cc2cc(C(B)(B)NC(=O)C(F)(F)c3ccc(Cl)cc3)ccc2C1=O. The first-order chi connectivity index (χ1) is 16.7. The molecule has 2 N–H and O–H groups in total. The van der Waals surface area contributed by atoms with E-state index in [-0.39, 0.29) is 29.8 Å². The minimum atomic E-state index is -3.79. The maximum Gasteiger partial charge on any atom is 0.349 e. The second-order valence-electron chi connectivity index (χ2n) is 10.1. The Balaban J connectivity index is 1.58. The number of rotatable bonds is 5. The molecule has 2 heterocycles. The molecule has 1 fully saturated rings. The molecule has 2 aliphatic heterocycles. The number of alkyl halides is 2. The summed E-state index contributed by atoms with van der Waals surface area (Å²) >= 11 is 5.77. The van der Waals surface area contributed by atoms with Crippen molar-refractivity contribution < 1.29 is 28.0 Å². The third-order valence-corrected chi connectivity index (χ3v) is 7.53. The number of halogens is 3. The van der Waals surface area contributed by atoms with Crippen LogP contribution in [0.25, 0.3) is 0 Å². The van der Waals surface area contributed by atoms with E-state index < -0.39 is 39.9 Å². The minimum Gasteiger partial charge on any atom is -0.357 e. The van der Waals surface area contributed by atoms with Crippen LogP contribution in [0, 0.1) is 0 Å². The zero-order valence-corrected chi connectivity index (χ0v) is 21.0. The van der Waals surface area contributed by atoms with Crippen molar-refractivity contribution in [2.45, 2.75) is 35.5 Å². The summed E-state index contributed by atoms with van der Waals surface area (Å²) in [6, 6.07) is 9.61. The Bertz CT molecular complexity index is 1290. The molecule has 2 atom stereocenters. The van der Waals surface area contributed by atoms with E-state index in [0.29, 0.717) is 16.7 Å². The van der Waals surface area contributed by atoms with E-state index in [1.54, 1.807) is 49.6 Å². The molecule has 0 spiro atoms. The molecule has 0 aromatic heterocycles. The molecule has 2 aromatic carbocycles. The number of piperidine rings is 1. The lowest BCUT2D eigenvalue weighted by atomic mass is 9.55. The fourth-order valence-corrected chi connectivity index (χ4v) is 4.83. The molecule has 2 unspecified atom stereocenters.